The van der Waals surface area contributed by atoms with Crippen LogP contribution in [0.2, 0.25) is 0 Å². The molecule has 92 valence electrons. The van der Waals surface area contributed by atoms with E-state index in [-0.39, 0.29) is 11.8 Å². The Morgan fingerprint density at radius 3 is 2.94 bits per heavy atom. The van der Waals surface area contributed by atoms with Gasteiger partial charge in [0, 0.05) is 25.7 Å². The predicted molar refractivity (Wildman–Crippen MR) is 66.7 cm³/mol. The van der Waals surface area contributed by atoms with Crippen LogP contribution < -0.4 is 0 Å². The normalized spacial score (nSPS) is 20.7. The third-order valence-corrected chi connectivity index (χ3v) is 3.81. The van der Waals surface area contributed by atoms with Crippen LogP contribution in [0.3, 0.4) is 0 Å². The van der Waals surface area contributed by atoms with Gasteiger partial charge in [0.15, 0.2) is 0 Å². The van der Waals surface area contributed by atoms with Crippen LogP contribution in [0.25, 0.3) is 0 Å². The molecule has 0 aromatic heterocycles. The Morgan fingerprint density at radius 1 is 1.59 bits per heavy atom. The van der Waals surface area contributed by atoms with Gasteiger partial charge in [-0.05, 0) is 27.9 Å². The smallest absolute Gasteiger partial charge is 0.283 e. The second-order valence-electron chi connectivity index (χ2n) is 4.18. The van der Waals surface area contributed by atoms with Gasteiger partial charge >= 0.3 is 0 Å². The van der Waals surface area contributed by atoms with Crippen molar-refractivity contribution in [3.8, 4) is 0 Å². The third kappa shape index (κ3) is 2.83. The molecule has 0 bridgehead atoms. The zero-order chi connectivity index (χ0) is 12.4. The highest BCUT2D eigenvalue weighted by molar-refractivity contribution is 9.10. The van der Waals surface area contributed by atoms with Crippen LogP contribution in [-0.4, -0.2) is 34.1 Å². The van der Waals surface area contributed by atoms with Crippen LogP contribution in [0.4, 0.5) is 5.69 Å². The molecule has 1 heterocycles. The van der Waals surface area contributed by atoms with Crippen molar-refractivity contribution >= 4 is 21.6 Å². The molecule has 0 unspecified atom stereocenters. The van der Waals surface area contributed by atoms with Gasteiger partial charge in [0.25, 0.3) is 5.69 Å². The van der Waals surface area contributed by atoms with Crippen LogP contribution in [0, 0.1) is 10.1 Å². The van der Waals surface area contributed by atoms with Crippen LogP contribution in [0.15, 0.2) is 22.7 Å². The number of hydrogen-bond donors (Lipinski definition) is 1. The summed E-state index contributed by atoms with van der Waals surface area (Å²) < 4.78 is 0.534. The maximum Gasteiger partial charge on any atom is 0.283 e. The number of nitro benzene ring substituents is 1. The lowest BCUT2D eigenvalue weighted by Gasteiger charge is -2.15. The molecule has 1 aromatic carbocycles. The molecule has 1 atom stereocenters. The molecular formula is C11H13BrN2O3. The minimum atomic E-state index is -0.396. The van der Waals surface area contributed by atoms with E-state index in [0.717, 1.165) is 18.5 Å². The number of benzene rings is 1. The summed E-state index contributed by atoms with van der Waals surface area (Å²) >= 11 is 3.27. The van der Waals surface area contributed by atoms with Gasteiger partial charge in [-0.15, -0.1) is 0 Å². The molecular weight excluding hydrogens is 288 g/mol. The molecule has 1 N–H and O–H groups in total. The highest BCUT2D eigenvalue weighted by Gasteiger charge is 2.22. The van der Waals surface area contributed by atoms with E-state index in [1.807, 2.05) is 6.07 Å². The van der Waals surface area contributed by atoms with Crippen molar-refractivity contribution in [3.63, 3.8) is 0 Å². The number of hydrogen-bond acceptors (Lipinski definition) is 4. The number of halogens is 1. The van der Waals surface area contributed by atoms with Crippen molar-refractivity contribution < 1.29 is 10.0 Å². The average molecular weight is 301 g/mol. The first-order chi connectivity index (χ1) is 8.08. The van der Waals surface area contributed by atoms with E-state index in [2.05, 4.69) is 20.8 Å². The molecule has 1 aliphatic rings. The van der Waals surface area contributed by atoms with Gasteiger partial charge in [-0.2, -0.15) is 0 Å². The Kier molecular flexibility index (Phi) is 3.76. The fourth-order valence-electron chi connectivity index (χ4n) is 2.03. The summed E-state index contributed by atoms with van der Waals surface area (Å²) in [5.74, 6) is 0. The first kappa shape index (κ1) is 12.5. The molecule has 1 aliphatic heterocycles. The molecule has 0 aliphatic carbocycles. The van der Waals surface area contributed by atoms with E-state index >= 15 is 0 Å². The molecule has 0 saturated carbocycles. The number of aliphatic hydroxyl groups is 1. The second-order valence-corrected chi connectivity index (χ2v) is 4.98. The molecule has 6 heteroatoms. The largest absolute Gasteiger partial charge is 0.392 e. The lowest BCUT2D eigenvalue weighted by Crippen LogP contribution is -2.21. The topological polar surface area (TPSA) is 66.6 Å². The number of rotatable bonds is 3. The lowest BCUT2D eigenvalue weighted by molar-refractivity contribution is -0.385. The zero-order valence-electron chi connectivity index (χ0n) is 9.17. The Balaban J connectivity index is 2.16. The lowest BCUT2D eigenvalue weighted by atomic mass is 10.2. The first-order valence-corrected chi connectivity index (χ1v) is 6.19. The summed E-state index contributed by atoms with van der Waals surface area (Å²) in [7, 11) is 0. The van der Waals surface area contributed by atoms with Gasteiger partial charge in [0.1, 0.15) is 0 Å². The summed E-state index contributed by atoms with van der Waals surface area (Å²) in [6, 6.07) is 5.03. The predicted octanol–water partition coefficient (Wildman–Crippen LogP) is 1.92. The molecule has 5 nitrogen and oxygen atoms in total. The molecule has 0 spiro atoms. The molecule has 1 fully saturated rings. The minimum Gasteiger partial charge on any atom is -0.392 e. The molecule has 0 amide bonds. The highest BCUT2D eigenvalue weighted by atomic mass is 79.9. The number of aliphatic hydroxyl groups excluding tert-OH is 1. The average Bonchev–Trinajstić information content (AvgIpc) is 2.67. The summed E-state index contributed by atoms with van der Waals surface area (Å²) in [6.45, 7) is 2.09. The van der Waals surface area contributed by atoms with Crippen LogP contribution in [0.1, 0.15) is 12.0 Å². The Bertz CT molecular complexity index is 439. The number of nitro groups is 1. The standard InChI is InChI=1S/C11H13BrN2O3/c12-11-8(2-1-3-10(11)14(16)17)6-13-5-4-9(15)7-13/h1-3,9,15H,4-7H2/t9-/m1/s1. The number of nitrogens with zero attached hydrogens (tertiary/aromatic N) is 2. The van der Waals surface area contributed by atoms with Crippen molar-refractivity contribution in [2.45, 2.75) is 19.1 Å². The summed E-state index contributed by atoms with van der Waals surface area (Å²) in [5, 5.41) is 20.2. The van der Waals surface area contributed by atoms with E-state index in [0.29, 0.717) is 17.6 Å². The zero-order valence-corrected chi connectivity index (χ0v) is 10.8. The number of β-amino-alcohol motifs (C(OH)–C–C–N with tert-alkyl or cyclic N) is 1. The monoisotopic (exact) mass is 300 g/mol. The Labute approximate surface area is 107 Å². The first-order valence-electron chi connectivity index (χ1n) is 5.40. The minimum absolute atomic E-state index is 0.0854. The van der Waals surface area contributed by atoms with Crippen LogP contribution >= 0.6 is 15.9 Å². The molecule has 1 saturated heterocycles. The highest BCUT2D eigenvalue weighted by Crippen LogP contribution is 2.29. The number of likely N-dealkylation sites (tertiary alicyclic amines) is 1. The van der Waals surface area contributed by atoms with Gasteiger partial charge < -0.3 is 5.11 Å². The van der Waals surface area contributed by atoms with Gasteiger partial charge in [0.05, 0.1) is 15.5 Å². The van der Waals surface area contributed by atoms with Gasteiger partial charge in [-0.1, -0.05) is 12.1 Å². The van der Waals surface area contributed by atoms with E-state index in [1.54, 1.807) is 6.07 Å². The third-order valence-electron chi connectivity index (χ3n) is 2.90. The van der Waals surface area contributed by atoms with Gasteiger partial charge in [-0.3, -0.25) is 15.0 Å². The molecule has 17 heavy (non-hydrogen) atoms. The van der Waals surface area contributed by atoms with Gasteiger partial charge in [-0.25, -0.2) is 0 Å². The second kappa shape index (κ2) is 5.12. The van der Waals surface area contributed by atoms with E-state index in [1.165, 1.54) is 6.07 Å². The SMILES string of the molecule is O=[N+]([O-])c1cccc(CN2CC[C@@H](O)C2)c1Br. The Hall–Kier alpha value is -0.980. The quantitative estimate of drug-likeness (QED) is 0.684. The van der Waals surface area contributed by atoms with Crippen molar-refractivity contribution in [3.05, 3.63) is 38.3 Å². The molecule has 1 aromatic rings. The Morgan fingerprint density at radius 2 is 2.35 bits per heavy atom. The van der Waals surface area contributed by atoms with Crippen molar-refractivity contribution in [2.75, 3.05) is 13.1 Å². The van der Waals surface area contributed by atoms with E-state index in [9.17, 15) is 15.2 Å². The summed E-state index contributed by atoms with van der Waals surface area (Å²) in [5.41, 5.74) is 0.968. The van der Waals surface area contributed by atoms with Crippen molar-refractivity contribution in [1.82, 2.24) is 4.90 Å². The van der Waals surface area contributed by atoms with Crippen LogP contribution in [-0.2, 0) is 6.54 Å². The van der Waals surface area contributed by atoms with Crippen molar-refractivity contribution in [1.29, 1.82) is 0 Å². The fraction of sp³-hybridized carbons (Fsp3) is 0.455. The van der Waals surface area contributed by atoms with E-state index < -0.39 is 4.92 Å². The summed E-state index contributed by atoms with van der Waals surface area (Å²) in [6.07, 6.45) is 0.500. The van der Waals surface area contributed by atoms with E-state index in [4.69, 9.17) is 0 Å². The summed E-state index contributed by atoms with van der Waals surface area (Å²) in [4.78, 5) is 12.5. The van der Waals surface area contributed by atoms with Gasteiger partial charge in [0.2, 0.25) is 0 Å². The van der Waals surface area contributed by atoms with Crippen LogP contribution in [0.5, 0.6) is 0 Å². The molecule has 2 rings (SSSR count). The van der Waals surface area contributed by atoms with Crippen molar-refractivity contribution in [2.24, 2.45) is 0 Å². The molecule has 0 radical (unpaired) electrons. The maximum atomic E-state index is 10.8. The fourth-order valence-corrected chi connectivity index (χ4v) is 2.56. The maximum absolute atomic E-state index is 10.8.